The monoisotopic (exact) mass is 252 g/mol. The average Bonchev–Trinajstić information content (AvgIpc) is 2.47. The predicted molar refractivity (Wildman–Crippen MR) is 81.0 cm³/mol. The third kappa shape index (κ3) is 2.77. The van der Waals surface area contributed by atoms with Crippen LogP contribution in [-0.4, -0.2) is 5.11 Å². The maximum atomic E-state index is 10.6. The summed E-state index contributed by atoms with van der Waals surface area (Å²) in [6, 6.07) is 18.0. The van der Waals surface area contributed by atoms with E-state index in [1.165, 1.54) is 0 Å². The Morgan fingerprint density at radius 2 is 1.58 bits per heavy atom. The van der Waals surface area contributed by atoms with Gasteiger partial charge in [0.05, 0.1) is 6.10 Å². The molecular formula is C18H20O. The molecular weight excluding hydrogens is 232 g/mol. The van der Waals surface area contributed by atoms with Crippen molar-refractivity contribution >= 4 is 6.08 Å². The molecule has 2 aromatic rings. The molecule has 19 heavy (non-hydrogen) atoms. The maximum absolute atomic E-state index is 10.6. The van der Waals surface area contributed by atoms with Gasteiger partial charge in [-0.1, -0.05) is 81.1 Å². The molecule has 0 amide bonds. The molecule has 1 N–H and O–H groups in total. The maximum Gasteiger partial charge on any atom is 0.0881 e. The Hall–Kier alpha value is -1.86. The van der Waals surface area contributed by atoms with Gasteiger partial charge in [0.2, 0.25) is 0 Å². The van der Waals surface area contributed by atoms with Gasteiger partial charge < -0.3 is 5.11 Å². The topological polar surface area (TPSA) is 20.2 Å². The van der Waals surface area contributed by atoms with Gasteiger partial charge in [0.25, 0.3) is 0 Å². The van der Waals surface area contributed by atoms with E-state index in [2.05, 4.69) is 32.6 Å². The first-order valence-corrected chi connectivity index (χ1v) is 6.51. The summed E-state index contributed by atoms with van der Waals surface area (Å²) in [4.78, 5) is 0. The van der Waals surface area contributed by atoms with E-state index in [4.69, 9.17) is 0 Å². The largest absolute Gasteiger partial charge is 0.388 e. The van der Waals surface area contributed by atoms with Crippen LogP contribution in [0.25, 0.3) is 6.08 Å². The second-order valence-electron chi connectivity index (χ2n) is 5.36. The van der Waals surface area contributed by atoms with Crippen LogP contribution in [0.3, 0.4) is 0 Å². The Morgan fingerprint density at radius 3 is 2.11 bits per heavy atom. The smallest absolute Gasteiger partial charge is 0.0881 e. The van der Waals surface area contributed by atoms with Crippen LogP contribution in [0, 0.1) is 0 Å². The molecule has 1 heteroatoms. The molecule has 0 spiro atoms. The highest BCUT2D eigenvalue weighted by Crippen LogP contribution is 2.36. The van der Waals surface area contributed by atoms with E-state index in [9.17, 15) is 5.11 Å². The van der Waals surface area contributed by atoms with Gasteiger partial charge in [0.1, 0.15) is 0 Å². The first-order valence-electron chi connectivity index (χ1n) is 6.51. The number of hydrogen-bond acceptors (Lipinski definition) is 1. The molecule has 0 aromatic heterocycles. The molecule has 0 radical (unpaired) electrons. The summed E-state index contributed by atoms with van der Waals surface area (Å²) < 4.78 is 0. The first kappa shape index (κ1) is 13.6. The normalized spacial score (nSPS) is 13.0. The van der Waals surface area contributed by atoms with Gasteiger partial charge in [-0.25, -0.2) is 0 Å². The lowest BCUT2D eigenvalue weighted by Crippen LogP contribution is -2.26. The standard InChI is InChI=1S/C18H20O/c1-4-14-10-12-15(13-11-14)17(19)18(2,3)16-8-6-5-7-9-16/h4-13,17,19H,1H2,2-3H3. The fourth-order valence-electron chi connectivity index (χ4n) is 2.26. The van der Waals surface area contributed by atoms with Gasteiger partial charge in [0, 0.05) is 5.41 Å². The molecule has 2 rings (SSSR count). The van der Waals surface area contributed by atoms with E-state index >= 15 is 0 Å². The zero-order valence-electron chi connectivity index (χ0n) is 11.5. The van der Waals surface area contributed by atoms with Crippen LogP contribution in [0.15, 0.2) is 61.2 Å². The van der Waals surface area contributed by atoms with Gasteiger partial charge in [-0.2, -0.15) is 0 Å². The Balaban J connectivity index is 2.31. The third-order valence-electron chi connectivity index (χ3n) is 3.69. The molecule has 98 valence electrons. The zero-order chi connectivity index (χ0) is 13.9. The SMILES string of the molecule is C=Cc1ccc(C(O)C(C)(C)c2ccccc2)cc1. The highest BCUT2D eigenvalue weighted by molar-refractivity contribution is 5.47. The first-order chi connectivity index (χ1) is 9.05. The van der Waals surface area contributed by atoms with Crippen molar-refractivity contribution in [2.45, 2.75) is 25.4 Å². The summed E-state index contributed by atoms with van der Waals surface area (Å²) in [5, 5.41) is 10.6. The third-order valence-corrected chi connectivity index (χ3v) is 3.69. The van der Waals surface area contributed by atoms with E-state index in [0.717, 1.165) is 16.7 Å². The van der Waals surface area contributed by atoms with Crippen LogP contribution >= 0.6 is 0 Å². The summed E-state index contributed by atoms with van der Waals surface area (Å²) in [7, 11) is 0. The molecule has 0 heterocycles. The van der Waals surface area contributed by atoms with Crippen LogP contribution in [0.4, 0.5) is 0 Å². The minimum atomic E-state index is -0.534. The molecule has 1 unspecified atom stereocenters. The highest BCUT2D eigenvalue weighted by Gasteiger charge is 2.30. The summed E-state index contributed by atoms with van der Waals surface area (Å²) in [5.74, 6) is 0. The van der Waals surface area contributed by atoms with E-state index in [0.29, 0.717) is 0 Å². The number of aliphatic hydroxyl groups is 1. The number of benzene rings is 2. The van der Waals surface area contributed by atoms with E-state index in [1.807, 2.05) is 42.5 Å². The van der Waals surface area contributed by atoms with E-state index in [-0.39, 0.29) is 5.41 Å². The van der Waals surface area contributed by atoms with Gasteiger partial charge in [-0.05, 0) is 16.7 Å². The lowest BCUT2D eigenvalue weighted by molar-refractivity contribution is 0.100. The van der Waals surface area contributed by atoms with E-state index in [1.54, 1.807) is 6.08 Å². The van der Waals surface area contributed by atoms with Crippen LogP contribution in [-0.2, 0) is 5.41 Å². The summed E-state index contributed by atoms with van der Waals surface area (Å²) in [6.45, 7) is 7.87. The van der Waals surface area contributed by atoms with Crippen LogP contribution < -0.4 is 0 Å². The molecule has 0 saturated carbocycles. The van der Waals surface area contributed by atoms with Crippen LogP contribution in [0.2, 0.25) is 0 Å². The van der Waals surface area contributed by atoms with Crippen molar-refractivity contribution in [1.82, 2.24) is 0 Å². The molecule has 0 saturated heterocycles. The van der Waals surface area contributed by atoms with Crippen molar-refractivity contribution in [2.24, 2.45) is 0 Å². The number of rotatable bonds is 4. The molecule has 0 fully saturated rings. The second-order valence-corrected chi connectivity index (χ2v) is 5.36. The molecule has 2 aromatic carbocycles. The van der Waals surface area contributed by atoms with Crippen molar-refractivity contribution < 1.29 is 5.11 Å². The Kier molecular flexibility index (Phi) is 3.87. The fourth-order valence-corrected chi connectivity index (χ4v) is 2.26. The minimum Gasteiger partial charge on any atom is -0.388 e. The van der Waals surface area contributed by atoms with Gasteiger partial charge in [0.15, 0.2) is 0 Å². The molecule has 0 bridgehead atoms. The Bertz CT molecular complexity index is 538. The average molecular weight is 252 g/mol. The van der Waals surface area contributed by atoms with Crippen molar-refractivity contribution in [2.75, 3.05) is 0 Å². The lowest BCUT2D eigenvalue weighted by atomic mass is 9.76. The van der Waals surface area contributed by atoms with Crippen molar-refractivity contribution in [3.05, 3.63) is 77.9 Å². The Labute approximate surface area is 115 Å². The summed E-state index contributed by atoms with van der Waals surface area (Å²) in [6.07, 6.45) is 1.27. The van der Waals surface area contributed by atoms with Gasteiger partial charge in [-0.3, -0.25) is 0 Å². The zero-order valence-corrected chi connectivity index (χ0v) is 11.5. The van der Waals surface area contributed by atoms with Crippen molar-refractivity contribution in [3.63, 3.8) is 0 Å². The fraction of sp³-hybridized carbons (Fsp3) is 0.222. The van der Waals surface area contributed by atoms with Crippen molar-refractivity contribution in [1.29, 1.82) is 0 Å². The predicted octanol–water partition coefficient (Wildman–Crippen LogP) is 4.34. The summed E-state index contributed by atoms with van der Waals surface area (Å²) >= 11 is 0. The second kappa shape index (κ2) is 5.41. The van der Waals surface area contributed by atoms with Gasteiger partial charge in [-0.15, -0.1) is 0 Å². The summed E-state index contributed by atoms with van der Waals surface area (Å²) in [5.41, 5.74) is 2.81. The Morgan fingerprint density at radius 1 is 1.00 bits per heavy atom. The molecule has 0 aliphatic rings. The van der Waals surface area contributed by atoms with E-state index < -0.39 is 6.10 Å². The minimum absolute atomic E-state index is 0.322. The number of aliphatic hydroxyl groups excluding tert-OH is 1. The van der Waals surface area contributed by atoms with Crippen LogP contribution in [0.1, 0.15) is 36.6 Å². The lowest BCUT2D eigenvalue weighted by Gasteiger charge is -2.31. The van der Waals surface area contributed by atoms with Gasteiger partial charge >= 0.3 is 0 Å². The molecule has 0 aliphatic carbocycles. The van der Waals surface area contributed by atoms with Crippen molar-refractivity contribution in [3.8, 4) is 0 Å². The quantitative estimate of drug-likeness (QED) is 0.858. The molecule has 1 atom stereocenters. The van der Waals surface area contributed by atoms with Crippen LogP contribution in [0.5, 0.6) is 0 Å². The molecule has 0 aliphatic heterocycles. The highest BCUT2D eigenvalue weighted by atomic mass is 16.3. The number of hydrogen-bond donors (Lipinski definition) is 1. The molecule has 1 nitrogen and oxygen atoms in total.